The summed E-state index contributed by atoms with van der Waals surface area (Å²) in [7, 11) is 0. The molecule has 0 aromatic heterocycles. The van der Waals surface area contributed by atoms with Gasteiger partial charge in [0.05, 0.1) is 5.69 Å². The van der Waals surface area contributed by atoms with Crippen molar-refractivity contribution in [3.05, 3.63) is 30.1 Å². The fraction of sp³-hybridized carbons (Fsp3) is 0.417. The van der Waals surface area contributed by atoms with Crippen LogP contribution < -0.4 is 0 Å². The monoisotopic (exact) mass is 191 g/mol. The minimum atomic E-state index is -0.197. The maximum atomic E-state index is 12.6. The maximum absolute atomic E-state index is 12.6. The van der Waals surface area contributed by atoms with E-state index in [-0.39, 0.29) is 5.82 Å². The van der Waals surface area contributed by atoms with Gasteiger partial charge in [-0.3, -0.25) is 4.99 Å². The molecule has 1 aromatic rings. The fourth-order valence-electron chi connectivity index (χ4n) is 1.77. The second-order valence-electron chi connectivity index (χ2n) is 3.72. The van der Waals surface area contributed by atoms with E-state index in [4.69, 9.17) is 0 Å². The second-order valence-corrected chi connectivity index (χ2v) is 3.72. The van der Waals surface area contributed by atoms with Crippen molar-refractivity contribution in [2.24, 2.45) is 4.99 Å². The van der Waals surface area contributed by atoms with Gasteiger partial charge in [-0.25, -0.2) is 4.39 Å². The summed E-state index contributed by atoms with van der Waals surface area (Å²) in [5.74, 6) is -0.197. The zero-order valence-electron chi connectivity index (χ0n) is 8.17. The Labute approximate surface area is 83.7 Å². The van der Waals surface area contributed by atoms with Gasteiger partial charge < -0.3 is 0 Å². The summed E-state index contributed by atoms with van der Waals surface area (Å²) in [4.78, 5) is 4.51. The molecule has 1 aliphatic rings. The van der Waals surface area contributed by atoms with E-state index in [2.05, 4.69) is 4.99 Å². The number of benzene rings is 1. The molecule has 0 amide bonds. The highest BCUT2D eigenvalue weighted by molar-refractivity contribution is 5.87. The van der Waals surface area contributed by atoms with Gasteiger partial charge in [-0.1, -0.05) is 6.42 Å². The van der Waals surface area contributed by atoms with Gasteiger partial charge in [-0.2, -0.15) is 0 Å². The largest absolute Gasteiger partial charge is 0.258 e. The predicted molar refractivity (Wildman–Crippen MR) is 56.6 cm³/mol. The van der Waals surface area contributed by atoms with Crippen molar-refractivity contribution < 1.29 is 4.39 Å². The van der Waals surface area contributed by atoms with Crippen molar-refractivity contribution in [2.45, 2.75) is 32.1 Å². The van der Waals surface area contributed by atoms with E-state index in [9.17, 15) is 4.39 Å². The molecule has 0 bridgehead atoms. The third-order valence-electron chi connectivity index (χ3n) is 2.54. The van der Waals surface area contributed by atoms with Crippen LogP contribution in [0.15, 0.2) is 29.3 Å². The lowest BCUT2D eigenvalue weighted by Crippen LogP contribution is -2.03. The van der Waals surface area contributed by atoms with Crippen LogP contribution in [0.25, 0.3) is 0 Å². The third kappa shape index (κ3) is 2.41. The van der Waals surface area contributed by atoms with Crippen LogP contribution in [0.4, 0.5) is 10.1 Å². The van der Waals surface area contributed by atoms with Gasteiger partial charge in [0.1, 0.15) is 5.82 Å². The smallest absolute Gasteiger partial charge is 0.123 e. The standard InChI is InChI=1S/C12H14FN/c13-10-6-8-12(9-7-10)14-11-4-2-1-3-5-11/h6-9H,1-5H2. The van der Waals surface area contributed by atoms with Crippen molar-refractivity contribution >= 4 is 11.4 Å². The summed E-state index contributed by atoms with van der Waals surface area (Å²) < 4.78 is 12.6. The summed E-state index contributed by atoms with van der Waals surface area (Å²) in [6.07, 6.45) is 6.04. The van der Waals surface area contributed by atoms with Crippen molar-refractivity contribution in [3.63, 3.8) is 0 Å². The molecule has 0 N–H and O–H groups in total. The molecule has 0 unspecified atom stereocenters. The first kappa shape index (κ1) is 9.38. The first-order valence-corrected chi connectivity index (χ1v) is 5.16. The Morgan fingerprint density at radius 2 is 1.57 bits per heavy atom. The molecule has 14 heavy (non-hydrogen) atoms. The zero-order chi connectivity index (χ0) is 9.80. The van der Waals surface area contributed by atoms with Crippen LogP contribution in [0.2, 0.25) is 0 Å². The molecule has 2 heteroatoms. The van der Waals surface area contributed by atoms with Crippen molar-refractivity contribution in [3.8, 4) is 0 Å². The highest BCUT2D eigenvalue weighted by Crippen LogP contribution is 2.19. The number of aliphatic imine (C=N–C) groups is 1. The number of hydrogen-bond donors (Lipinski definition) is 0. The minimum Gasteiger partial charge on any atom is -0.258 e. The van der Waals surface area contributed by atoms with Crippen LogP contribution in [-0.4, -0.2) is 5.71 Å². The van der Waals surface area contributed by atoms with Crippen LogP contribution in [0.1, 0.15) is 32.1 Å². The van der Waals surface area contributed by atoms with E-state index >= 15 is 0 Å². The molecular formula is C12H14FN. The molecule has 1 saturated carbocycles. The molecule has 2 rings (SSSR count). The Kier molecular flexibility index (Phi) is 2.92. The van der Waals surface area contributed by atoms with Crippen molar-refractivity contribution in [1.29, 1.82) is 0 Å². The van der Waals surface area contributed by atoms with Crippen molar-refractivity contribution in [1.82, 2.24) is 0 Å². The Morgan fingerprint density at radius 3 is 2.21 bits per heavy atom. The fourth-order valence-corrected chi connectivity index (χ4v) is 1.77. The van der Waals surface area contributed by atoms with Crippen LogP contribution in [0.3, 0.4) is 0 Å². The molecule has 1 nitrogen and oxygen atoms in total. The summed E-state index contributed by atoms with van der Waals surface area (Å²) in [6, 6.07) is 6.39. The van der Waals surface area contributed by atoms with E-state index in [1.165, 1.54) is 37.1 Å². The van der Waals surface area contributed by atoms with E-state index in [1.807, 2.05) is 0 Å². The number of halogens is 1. The predicted octanol–water partition coefficient (Wildman–Crippen LogP) is 3.86. The van der Waals surface area contributed by atoms with E-state index in [0.29, 0.717) is 0 Å². The molecule has 0 atom stereocenters. The van der Waals surface area contributed by atoms with Crippen LogP contribution in [-0.2, 0) is 0 Å². The SMILES string of the molecule is Fc1ccc(N=C2CCCCC2)cc1. The lowest BCUT2D eigenvalue weighted by Gasteiger charge is -2.11. The molecule has 74 valence electrons. The molecule has 0 radical (unpaired) electrons. The lowest BCUT2D eigenvalue weighted by atomic mass is 9.98. The van der Waals surface area contributed by atoms with E-state index < -0.39 is 0 Å². The quantitative estimate of drug-likeness (QED) is 0.639. The molecule has 0 heterocycles. The number of nitrogens with zero attached hydrogens (tertiary/aromatic N) is 1. The Hall–Kier alpha value is -1.18. The summed E-state index contributed by atoms with van der Waals surface area (Å²) in [6.45, 7) is 0. The number of rotatable bonds is 1. The van der Waals surface area contributed by atoms with Gasteiger partial charge in [-0.05, 0) is 49.9 Å². The minimum absolute atomic E-state index is 0.197. The Bertz CT molecular complexity index is 319. The van der Waals surface area contributed by atoms with Crippen molar-refractivity contribution in [2.75, 3.05) is 0 Å². The van der Waals surface area contributed by atoms with Gasteiger partial charge in [0.15, 0.2) is 0 Å². The van der Waals surface area contributed by atoms with Gasteiger partial charge in [-0.15, -0.1) is 0 Å². The average Bonchev–Trinajstić information content (AvgIpc) is 2.23. The Balaban J connectivity index is 2.11. The molecule has 1 aromatic carbocycles. The van der Waals surface area contributed by atoms with Crippen LogP contribution in [0, 0.1) is 5.82 Å². The lowest BCUT2D eigenvalue weighted by molar-refractivity contribution is 0.628. The third-order valence-corrected chi connectivity index (χ3v) is 2.54. The first-order valence-electron chi connectivity index (χ1n) is 5.16. The Morgan fingerprint density at radius 1 is 0.929 bits per heavy atom. The van der Waals surface area contributed by atoms with Crippen LogP contribution in [0.5, 0.6) is 0 Å². The normalized spacial score (nSPS) is 16.8. The van der Waals surface area contributed by atoms with Crippen LogP contribution >= 0.6 is 0 Å². The first-order chi connectivity index (χ1) is 6.84. The highest BCUT2D eigenvalue weighted by atomic mass is 19.1. The summed E-state index contributed by atoms with van der Waals surface area (Å²) in [5, 5.41) is 0. The van der Waals surface area contributed by atoms with E-state index in [0.717, 1.165) is 18.5 Å². The second kappa shape index (κ2) is 4.36. The molecule has 1 fully saturated rings. The van der Waals surface area contributed by atoms with Gasteiger partial charge in [0.25, 0.3) is 0 Å². The highest BCUT2D eigenvalue weighted by Gasteiger charge is 2.06. The molecular weight excluding hydrogens is 177 g/mol. The van der Waals surface area contributed by atoms with Gasteiger partial charge in [0.2, 0.25) is 0 Å². The molecule has 0 aliphatic heterocycles. The zero-order valence-corrected chi connectivity index (χ0v) is 8.17. The van der Waals surface area contributed by atoms with Gasteiger partial charge >= 0.3 is 0 Å². The van der Waals surface area contributed by atoms with Gasteiger partial charge in [0, 0.05) is 5.71 Å². The number of hydrogen-bond acceptors (Lipinski definition) is 1. The summed E-state index contributed by atoms with van der Waals surface area (Å²) >= 11 is 0. The topological polar surface area (TPSA) is 12.4 Å². The molecule has 0 saturated heterocycles. The summed E-state index contributed by atoms with van der Waals surface area (Å²) in [5.41, 5.74) is 2.14. The molecule has 1 aliphatic carbocycles. The molecule has 0 spiro atoms. The average molecular weight is 191 g/mol. The van der Waals surface area contributed by atoms with E-state index in [1.54, 1.807) is 12.1 Å². The maximum Gasteiger partial charge on any atom is 0.123 e.